The second-order valence-electron chi connectivity index (χ2n) is 13.3. The summed E-state index contributed by atoms with van der Waals surface area (Å²) in [6.07, 6.45) is 11.0. The highest BCUT2D eigenvalue weighted by Gasteiger charge is 2.39. The van der Waals surface area contributed by atoms with Gasteiger partial charge in [-0.25, -0.2) is 9.97 Å². The number of aromatic amines is 1. The molecule has 3 fully saturated rings. The highest BCUT2D eigenvalue weighted by Crippen LogP contribution is 2.37. The fourth-order valence-electron chi connectivity index (χ4n) is 7.08. The highest BCUT2D eigenvalue weighted by atomic mass is 16.5. The molecule has 0 spiro atoms. The van der Waals surface area contributed by atoms with Gasteiger partial charge in [-0.2, -0.15) is 0 Å². The number of H-pyrrole nitrogens is 1. The molecule has 0 radical (unpaired) electrons. The monoisotopic (exact) mass is 649 g/mol. The van der Waals surface area contributed by atoms with Crippen molar-refractivity contribution < 1.29 is 14.3 Å². The summed E-state index contributed by atoms with van der Waals surface area (Å²) in [5.41, 5.74) is 4.80. The molecule has 3 saturated heterocycles. The summed E-state index contributed by atoms with van der Waals surface area (Å²) < 4.78 is 5.78. The second kappa shape index (κ2) is 14.2. The van der Waals surface area contributed by atoms with E-state index in [1.807, 2.05) is 61.5 Å². The van der Waals surface area contributed by atoms with Crippen LogP contribution >= 0.6 is 0 Å². The standard InChI is InChI=1S/C36H43N9O3/c1-43(2)15-4-6-33(46)40-27-5-3-16-44(20-27)19-24-13-14-37-32(17-24)36(47)41-26-9-7-25(8-10-26)31-18-30-34(42-31)38-23-39-35(30)45-28-11-12-29(45)22-48-21-28/h4,6-10,13-14,17-18,23,27-29H,3,5,11-12,15-16,19-22H2,1-2H3,(H,40,46)(H,41,47)(H,38,39,42)/b6-4+/t27-,28-,29+/m1/s1. The molecular formula is C36H43N9O3. The summed E-state index contributed by atoms with van der Waals surface area (Å²) in [5, 5.41) is 7.13. The van der Waals surface area contributed by atoms with Crippen molar-refractivity contribution in [3.63, 3.8) is 0 Å². The number of nitrogens with one attached hydrogen (secondary N) is 3. The molecule has 3 aliphatic rings. The van der Waals surface area contributed by atoms with Crippen LogP contribution in [0.5, 0.6) is 0 Å². The van der Waals surface area contributed by atoms with E-state index in [1.165, 1.54) is 0 Å². The Labute approximate surface area is 280 Å². The van der Waals surface area contributed by atoms with Gasteiger partial charge in [-0.15, -0.1) is 0 Å². The number of hydrogen-bond donors (Lipinski definition) is 3. The van der Waals surface area contributed by atoms with Gasteiger partial charge in [-0.05, 0) is 87.8 Å². The van der Waals surface area contributed by atoms with Crippen LogP contribution in [0.2, 0.25) is 0 Å². The van der Waals surface area contributed by atoms with Gasteiger partial charge in [0.1, 0.15) is 23.5 Å². The zero-order valence-electron chi connectivity index (χ0n) is 27.6. The Morgan fingerprint density at radius 2 is 1.85 bits per heavy atom. The van der Waals surface area contributed by atoms with Crippen molar-refractivity contribution in [2.24, 2.45) is 0 Å². The van der Waals surface area contributed by atoms with Crippen LogP contribution in [0.4, 0.5) is 11.5 Å². The molecule has 48 heavy (non-hydrogen) atoms. The van der Waals surface area contributed by atoms with Crippen LogP contribution in [0.1, 0.15) is 41.7 Å². The number of aromatic nitrogens is 4. The Kier molecular flexibility index (Phi) is 9.46. The molecule has 7 rings (SSSR count). The SMILES string of the molecule is CN(C)C/C=C/C(=O)N[C@@H]1CCCN(Cc2ccnc(C(=O)Nc3ccc(-c4cc5c(N6[C@@H]7CC[C@H]6COC7)ncnc5[nH]4)cc3)c2)C1. The number of piperidine rings is 1. The summed E-state index contributed by atoms with van der Waals surface area (Å²) in [6, 6.07) is 14.5. The third-order valence-corrected chi connectivity index (χ3v) is 9.40. The van der Waals surface area contributed by atoms with E-state index in [0.29, 0.717) is 30.0 Å². The molecule has 4 aromatic rings. The number of likely N-dealkylation sites (N-methyl/N-ethyl adjacent to an activating group) is 1. The van der Waals surface area contributed by atoms with Crippen LogP contribution in [0.15, 0.2) is 67.1 Å². The Morgan fingerprint density at radius 1 is 1.04 bits per heavy atom. The molecule has 0 saturated carbocycles. The predicted molar refractivity (Wildman–Crippen MR) is 186 cm³/mol. The van der Waals surface area contributed by atoms with E-state index < -0.39 is 0 Å². The van der Waals surface area contributed by atoms with Gasteiger partial charge in [-0.3, -0.25) is 19.5 Å². The molecule has 2 amide bonds. The molecule has 12 heteroatoms. The third kappa shape index (κ3) is 7.25. The highest BCUT2D eigenvalue weighted by molar-refractivity contribution is 6.03. The van der Waals surface area contributed by atoms with Crippen LogP contribution in [-0.2, 0) is 16.1 Å². The second-order valence-corrected chi connectivity index (χ2v) is 13.3. The van der Waals surface area contributed by atoms with Crippen LogP contribution in [0.3, 0.4) is 0 Å². The first-order chi connectivity index (χ1) is 23.4. The number of carbonyl (C=O) groups excluding carboxylic acids is 2. The predicted octanol–water partition coefficient (Wildman–Crippen LogP) is 3.84. The maximum Gasteiger partial charge on any atom is 0.274 e. The number of hydrogen-bond acceptors (Lipinski definition) is 9. The fraction of sp³-hybridized carbons (Fsp3) is 0.417. The van der Waals surface area contributed by atoms with Gasteiger partial charge in [0.2, 0.25) is 5.91 Å². The van der Waals surface area contributed by atoms with Gasteiger partial charge >= 0.3 is 0 Å². The number of fused-ring (bicyclic) bond motifs is 3. The minimum Gasteiger partial charge on any atom is -0.377 e. The Hall–Kier alpha value is -4.65. The maximum absolute atomic E-state index is 13.2. The number of anilines is 2. The van der Waals surface area contributed by atoms with Crippen molar-refractivity contribution in [2.75, 3.05) is 57.2 Å². The molecule has 3 aliphatic heterocycles. The summed E-state index contributed by atoms with van der Waals surface area (Å²) in [5.74, 6) is 0.649. The Balaban J connectivity index is 0.965. The summed E-state index contributed by atoms with van der Waals surface area (Å²) in [4.78, 5) is 49.3. The van der Waals surface area contributed by atoms with E-state index in [-0.39, 0.29) is 17.9 Å². The van der Waals surface area contributed by atoms with Crippen molar-refractivity contribution in [2.45, 2.75) is 50.4 Å². The molecule has 6 heterocycles. The van der Waals surface area contributed by atoms with Crippen LogP contribution in [0, 0.1) is 0 Å². The van der Waals surface area contributed by atoms with Crippen LogP contribution < -0.4 is 15.5 Å². The van der Waals surface area contributed by atoms with E-state index in [2.05, 4.69) is 46.4 Å². The van der Waals surface area contributed by atoms with Crippen molar-refractivity contribution >= 4 is 34.4 Å². The number of pyridine rings is 1. The topological polar surface area (TPSA) is 132 Å². The average Bonchev–Trinajstić information content (AvgIpc) is 3.62. The smallest absolute Gasteiger partial charge is 0.274 e. The number of benzene rings is 1. The first-order valence-corrected chi connectivity index (χ1v) is 16.8. The molecule has 3 atom stereocenters. The minimum atomic E-state index is -0.261. The van der Waals surface area contributed by atoms with E-state index in [4.69, 9.17) is 4.74 Å². The van der Waals surface area contributed by atoms with Crippen molar-refractivity contribution in [3.8, 4) is 11.3 Å². The van der Waals surface area contributed by atoms with Crippen LogP contribution in [-0.4, -0.2) is 107 Å². The number of ether oxygens (including phenoxy) is 1. The lowest BCUT2D eigenvalue weighted by Gasteiger charge is -2.35. The quantitative estimate of drug-likeness (QED) is 0.219. The molecule has 12 nitrogen and oxygen atoms in total. The Morgan fingerprint density at radius 3 is 2.65 bits per heavy atom. The van der Waals surface area contributed by atoms with E-state index in [9.17, 15) is 9.59 Å². The molecule has 0 aliphatic carbocycles. The lowest BCUT2D eigenvalue weighted by atomic mass is 10.0. The average molecular weight is 650 g/mol. The number of rotatable bonds is 10. The molecular weight excluding hydrogens is 606 g/mol. The van der Waals surface area contributed by atoms with Crippen molar-refractivity contribution in [1.29, 1.82) is 0 Å². The molecule has 1 aromatic carbocycles. The van der Waals surface area contributed by atoms with Gasteiger partial charge in [0.25, 0.3) is 5.91 Å². The zero-order valence-corrected chi connectivity index (χ0v) is 27.6. The van der Waals surface area contributed by atoms with Gasteiger partial charge in [0, 0.05) is 49.3 Å². The number of likely N-dealkylation sites (tertiary alicyclic amines) is 1. The van der Waals surface area contributed by atoms with Crippen molar-refractivity contribution in [1.82, 2.24) is 35.1 Å². The van der Waals surface area contributed by atoms with E-state index >= 15 is 0 Å². The molecule has 2 bridgehead atoms. The van der Waals surface area contributed by atoms with Gasteiger partial charge in [0.05, 0.1) is 30.7 Å². The van der Waals surface area contributed by atoms with E-state index in [1.54, 1.807) is 18.6 Å². The number of morpholine rings is 1. The largest absolute Gasteiger partial charge is 0.377 e. The fourth-order valence-corrected chi connectivity index (χ4v) is 7.08. The van der Waals surface area contributed by atoms with Crippen LogP contribution in [0.25, 0.3) is 22.3 Å². The van der Waals surface area contributed by atoms with E-state index in [0.717, 1.165) is 92.2 Å². The number of nitrogens with zero attached hydrogens (tertiary/aromatic N) is 6. The normalized spacial score (nSPS) is 21.3. The molecule has 3 N–H and O–H groups in total. The number of amides is 2. The van der Waals surface area contributed by atoms with Gasteiger partial charge in [0.15, 0.2) is 0 Å². The summed E-state index contributed by atoms with van der Waals surface area (Å²) >= 11 is 0. The van der Waals surface area contributed by atoms with Gasteiger partial charge < -0.3 is 30.2 Å². The molecule has 3 aromatic heterocycles. The first kappa shape index (κ1) is 31.9. The summed E-state index contributed by atoms with van der Waals surface area (Å²) in [7, 11) is 3.94. The lowest BCUT2D eigenvalue weighted by molar-refractivity contribution is -0.117. The molecule has 0 unspecified atom stereocenters. The summed E-state index contributed by atoms with van der Waals surface area (Å²) in [6.45, 7) is 4.60. The molecule has 250 valence electrons. The third-order valence-electron chi connectivity index (χ3n) is 9.40. The Bertz CT molecular complexity index is 1770. The maximum atomic E-state index is 13.2. The zero-order chi connectivity index (χ0) is 33.0. The number of carbonyl (C=O) groups is 2. The minimum absolute atomic E-state index is 0.0558. The van der Waals surface area contributed by atoms with Gasteiger partial charge in [-0.1, -0.05) is 18.2 Å². The first-order valence-electron chi connectivity index (χ1n) is 16.8. The van der Waals surface area contributed by atoms with Crippen molar-refractivity contribution in [3.05, 3.63) is 78.4 Å². The lowest BCUT2D eigenvalue weighted by Crippen LogP contribution is -2.47.